The van der Waals surface area contributed by atoms with Gasteiger partial charge in [-0.25, -0.2) is 0 Å². The van der Waals surface area contributed by atoms with Gasteiger partial charge in [-0.05, 0) is 48.6 Å². The molecule has 1 heterocycles. The van der Waals surface area contributed by atoms with E-state index >= 15 is 0 Å². The van der Waals surface area contributed by atoms with Crippen LogP contribution in [0.15, 0.2) is 71.8 Å². The van der Waals surface area contributed by atoms with E-state index in [4.69, 9.17) is 5.11 Å². The maximum atomic E-state index is 12.8. The smallest absolute Gasteiger partial charge is 0.323 e. The molecule has 0 atom stereocenters. The molecule has 0 aromatic heterocycles. The number of carbonyl (C=O) groups is 2. The Bertz CT molecular complexity index is 1220. The summed E-state index contributed by atoms with van der Waals surface area (Å²) in [6, 6.07) is 20.4. The summed E-state index contributed by atoms with van der Waals surface area (Å²) < 4.78 is 0. The number of aryl methyl sites for hydroxylation is 3. The van der Waals surface area contributed by atoms with Crippen LogP contribution in [0.25, 0.3) is 0 Å². The van der Waals surface area contributed by atoms with Gasteiger partial charge in [-0.1, -0.05) is 54.6 Å². The number of fused-ring (bicyclic) bond motifs is 1. The quantitative estimate of drug-likeness (QED) is 0.392. The second-order valence-electron chi connectivity index (χ2n) is 7.61. The summed E-state index contributed by atoms with van der Waals surface area (Å²) in [5.74, 6) is -1.54. The number of nitrogens with one attached hydrogen (secondary N) is 1. The van der Waals surface area contributed by atoms with E-state index in [2.05, 4.69) is 29.6 Å². The fourth-order valence-electron chi connectivity index (χ4n) is 3.82. The zero-order valence-electron chi connectivity index (χ0n) is 17.6. The molecule has 7 heteroatoms. The molecule has 0 unspecified atom stereocenters. The molecule has 0 saturated heterocycles. The monoisotopic (exact) mass is 429 g/mol. The fraction of sp³-hybridized carbons (Fsp3) is 0.160. The predicted molar refractivity (Wildman–Crippen MR) is 123 cm³/mol. The van der Waals surface area contributed by atoms with Gasteiger partial charge >= 0.3 is 5.97 Å². The third-order valence-corrected chi connectivity index (χ3v) is 5.52. The first kappa shape index (κ1) is 21.1. The minimum atomic E-state index is -1.11. The zero-order valence-corrected chi connectivity index (χ0v) is 17.6. The van der Waals surface area contributed by atoms with E-state index in [-0.39, 0.29) is 11.5 Å². The summed E-state index contributed by atoms with van der Waals surface area (Å²) in [6.45, 7) is 1.61. The lowest BCUT2D eigenvalue weighted by Crippen LogP contribution is -2.35. The second kappa shape index (κ2) is 8.93. The molecular weight excluding hydrogens is 406 g/mol. The van der Waals surface area contributed by atoms with E-state index in [0.717, 1.165) is 12.0 Å². The number of aliphatic carboxylic acids is 1. The topological polar surface area (TPSA) is 102 Å². The molecule has 0 radical (unpaired) electrons. The predicted octanol–water partition coefficient (Wildman–Crippen LogP) is 3.73. The molecule has 0 spiro atoms. The summed E-state index contributed by atoms with van der Waals surface area (Å²) in [5, 5.41) is 24.1. The van der Waals surface area contributed by atoms with Crippen LogP contribution in [0, 0.1) is 6.92 Å². The van der Waals surface area contributed by atoms with Crippen LogP contribution in [-0.4, -0.2) is 34.3 Å². The average molecular weight is 429 g/mol. The normalized spacial score (nSPS) is 14.0. The summed E-state index contributed by atoms with van der Waals surface area (Å²) in [5.41, 5.74) is 7.51. The first-order valence-electron chi connectivity index (χ1n) is 10.3. The van der Waals surface area contributed by atoms with E-state index in [0.29, 0.717) is 23.4 Å². The van der Waals surface area contributed by atoms with Gasteiger partial charge in [0.2, 0.25) is 0 Å². The summed E-state index contributed by atoms with van der Waals surface area (Å²) in [7, 11) is 0. The minimum Gasteiger partial charge on any atom is -0.505 e. The Labute approximate surface area is 185 Å². The van der Waals surface area contributed by atoms with Crippen LogP contribution in [0.5, 0.6) is 5.75 Å². The number of anilines is 2. The molecule has 4 rings (SSSR count). The summed E-state index contributed by atoms with van der Waals surface area (Å²) in [6.07, 6.45) is 1.44. The molecule has 32 heavy (non-hydrogen) atoms. The molecule has 1 amide bonds. The summed E-state index contributed by atoms with van der Waals surface area (Å²) in [4.78, 5) is 25.2. The molecule has 0 aliphatic carbocycles. The Kier molecular flexibility index (Phi) is 5.89. The molecule has 1 aliphatic rings. The number of benzene rings is 3. The van der Waals surface area contributed by atoms with Crippen molar-refractivity contribution >= 4 is 29.0 Å². The van der Waals surface area contributed by atoms with E-state index in [1.54, 1.807) is 30.3 Å². The molecule has 3 N–H and O–H groups in total. The Balaban J connectivity index is 1.56. The standard InChI is InChI=1S/C25H23N3O4/c1-16-7-2-3-8-17(16)13-14-18-9-6-11-20(24(18)31)26-27-23-19-10-4-5-12-21(19)28(25(23)32)15-22(29)30/h2-12,26,31H,13-15H2,1H3,(H,29,30)/b27-23-. The van der Waals surface area contributed by atoms with Gasteiger partial charge in [0.25, 0.3) is 5.91 Å². The SMILES string of the molecule is Cc1ccccc1CCc1cccc(N/N=C2\C(=O)N(CC(=O)O)c3ccccc32)c1O. The average Bonchev–Trinajstić information content (AvgIpc) is 3.04. The van der Waals surface area contributed by atoms with Crippen molar-refractivity contribution in [1.29, 1.82) is 0 Å². The third-order valence-electron chi connectivity index (χ3n) is 5.52. The van der Waals surface area contributed by atoms with E-state index in [1.165, 1.54) is 16.0 Å². The number of rotatable bonds is 7. The first-order chi connectivity index (χ1) is 15.5. The van der Waals surface area contributed by atoms with Crippen molar-refractivity contribution in [2.24, 2.45) is 5.10 Å². The van der Waals surface area contributed by atoms with Gasteiger partial charge < -0.3 is 10.2 Å². The Morgan fingerprint density at radius 1 is 0.969 bits per heavy atom. The largest absolute Gasteiger partial charge is 0.505 e. The highest BCUT2D eigenvalue weighted by Gasteiger charge is 2.35. The highest BCUT2D eigenvalue weighted by Crippen LogP contribution is 2.31. The summed E-state index contributed by atoms with van der Waals surface area (Å²) >= 11 is 0. The van der Waals surface area contributed by atoms with Crippen LogP contribution in [-0.2, 0) is 22.4 Å². The van der Waals surface area contributed by atoms with Crippen LogP contribution in [0.3, 0.4) is 0 Å². The molecule has 3 aromatic carbocycles. The van der Waals surface area contributed by atoms with Crippen molar-refractivity contribution in [3.63, 3.8) is 0 Å². The van der Waals surface area contributed by atoms with E-state index in [9.17, 15) is 14.7 Å². The highest BCUT2D eigenvalue weighted by molar-refractivity contribution is 6.54. The number of hydrogen-bond acceptors (Lipinski definition) is 5. The molecule has 0 bridgehead atoms. The van der Waals surface area contributed by atoms with Crippen molar-refractivity contribution in [2.75, 3.05) is 16.9 Å². The number of hydrazone groups is 1. The molecule has 3 aromatic rings. The van der Waals surface area contributed by atoms with Crippen LogP contribution in [0.4, 0.5) is 11.4 Å². The molecular formula is C25H23N3O4. The number of phenols is 1. The third kappa shape index (κ3) is 4.18. The lowest BCUT2D eigenvalue weighted by molar-refractivity contribution is -0.136. The number of amides is 1. The maximum absolute atomic E-state index is 12.8. The molecule has 0 fully saturated rings. The molecule has 7 nitrogen and oxygen atoms in total. The number of carboxylic acids is 1. The Morgan fingerprint density at radius 2 is 1.66 bits per heavy atom. The lowest BCUT2D eigenvalue weighted by atomic mass is 10.00. The molecule has 1 aliphatic heterocycles. The number of nitrogens with zero attached hydrogens (tertiary/aromatic N) is 2. The van der Waals surface area contributed by atoms with Crippen molar-refractivity contribution in [2.45, 2.75) is 19.8 Å². The number of para-hydroxylation sites is 2. The number of hydrogen-bond donors (Lipinski definition) is 3. The van der Waals surface area contributed by atoms with Crippen molar-refractivity contribution in [1.82, 2.24) is 0 Å². The Hall–Kier alpha value is -4.13. The van der Waals surface area contributed by atoms with Crippen molar-refractivity contribution in [3.05, 3.63) is 89.0 Å². The zero-order chi connectivity index (χ0) is 22.7. The van der Waals surface area contributed by atoms with Crippen molar-refractivity contribution < 1.29 is 19.8 Å². The van der Waals surface area contributed by atoms with Crippen LogP contribution in [0.2, 0.25) is 0 Å². The lowest BCUT2D eigenvalue weighted by Gasteiger charge is -2.13. The van der Waals surface area contributed by atoms with Crippen LogP contribution >= 0.6 is 0 Å². The number of carboxylic acid groups (broad SMARTS) is 1. The van der Waals surface area contributed by atoms with E-state index < -0.39 is 18.4 Å². The Morgan fingerprint density at radius 3 is 2.44 bits per heavy atom. The number of aromatic hydroxyl groups is 1. The van der Waals surface area contributed by atoms with E-state index in [1.807, 2.05) is 24.3 Å². The fourth-order valence-corrected chi connectivity index (χ4v) is 3.82. The minimum absolute atomic E-state index is 0.0755. The highest BCUT2D eigenvalue weighted by atomic mass is 16.4. The number of phenolic OH excluding ortho intramolecular Hbond substituents is 1. The van der Waals surface area contributed by atoms with Crippen LogP contribution < -0.4 is 10.3 Å². The van der Waals surface area contributed by atoms with Gasteiger partial charge in [0.1, 0.15) is 12.3 Å². The van der Waals surface area contributed by atoms with Crippen molar-refractivity contribution in [3.8, 4) is 5.75 Å². The second-order valence-corrected chi connectivity index (χ2v) is 7.61. The van der Waals surface area contributed by atoms with Gasteiger partial charge in [0, 0.05) is 5.56 Å². The molecule has 0 saturated carbocycles. The van der Waals surface area contributed by atoms with Gasteiger partial charge in [-0.3, -0.25) is 19.9 Å². The van der Waals surface area contributed by atoms with Gasteiger partial charge in [0.15, 0.2) is 5.71 Å². The number of carbonyl (C=O) groups excluding carboxylic acids is 1. The molecule has 162 valence electrons. The van der Waals surface area contributed by atoms with Crippen LogP contribution in [0.1, 0.15) is 22.3 Å². The maximum Gasteiger partial charge on any atom is 0.323 e. The van der Waals surface area contributed by atoms with Gasteiger partial charge in [0.05, 0.1) is 11.4 Å². The first-order valence-corrected chi connectivity index (χ1v) is 10.3. The van der Waals surface area contributed by atoms with Gasteiger partial charge in [-0.15, -0.1) is 0 Å². The van der Waals surface area contributed by atoms with Gasteiger partial charge in [-0.2, -0.15) is 5.10 Å².